The standard InChI is InChI=1S/C13H21N/c1-9-5-6-11(7-9)14-13-8-10-3-2-4-12(10)13/h2,4,9-14H,3,5-8H2,1H3. The Balaban J connectivity index is 1.52. The molecular weight excluding hydrogens is 170 g/mol. The van der Waals surface area contributed by atoms with Crippen molar-refractivity contribution >= 4 is 0 Å². The van der Waals surface area contributed by atoms with E-state index in [4.69, 9.17) is 0 Å². The van der Waals surface area contributed by atoms with Crippen LogP contribution in [-0.4, -0.2) is 12.1 Å². The van der Waals surface area contributed by atoms with E-state index in [9.17, 15) is 0 Å². The van der Waals surface area contributed by atoms with Gasteiger partial charge in [0.05, 0.1) is 0 Å². The molecule has 2 fully saturated rings. The van der Waals surface area contributed by atoms with E-state index < -0.39 is 0 Å². The third-order valence-corrected chi connectivity index (χ3v) is 4.51. The van der Waals surface area contributed by atoms with Gasteiger partial charge in [-0.25, -0.2) is 0 Å². The highest BCUT2D eigenvalue weighted by Gasteiger charge is 2.42. The van der Waals surface area contributed by atoms with Crippen molar-refractivity contribution in [2.75, 3.05) is 0 Å². The van der Waals surface area contributed by atoms with Gasteiger partial charge in [0.1, 0.15) is 0 Å². The van der Waals surface area contributed by atoms with Crippen molar-refractivity contribution in [2.45, 2.75) is 51.1 Å². The third kappa shape index (κ3) is 1.42. The molecule has 1 N–H and O–H groups in total. The van der Waals surface area contributed by atoms with Crippen LogP contribution in [-0.2, 0) is 0 Å². The molecule has 0 radical (unpaired) electrons. The molecule has 0 spiro atoms. The fraction of sp³-hybridized carbons (Fsp3) is 0.846. The van der Waals surface area contributed by atoms with Gasteiger partial charge in [0.15, 0.2) is 0 Å². The number of nitrogens with one attached hydrogen (secondary N) is 1. The molecule has 0 bridgehead atoms. The molecule has 5 unspecified atom stereocenters. The minimum Gasteiger partial charge on any atom is -0.311 e. The van der Waals surface area contributed by atoms with Gasteiger partial charge >= 0.3 is 0 Å². The van der Waals surface area contributed by atoms with Crippen molar-refractivity contribution in [1.82, 2.24) is 5.32 Å². The van der Waals surface area contributed by atoms with Crippen molar-refractivity contribution in [3.63, 3.8) is 0 Å². The zero-order valence-electron chi connectivity index (χ0n) is 9.08. The summed E-state index contributed by atoms with van der Waals surface area (Å²) in [6.45, 7) is 2.39. The van der Waals surface area contributed by atoms with E-state index in [1.165, 1.54) is 32.1 Å². The first kappa shape index (κ1) is 8.96. The molecule has 2 saturated carbocycles. The van der Waals surface area contributed by atoms with Crippen LogP contribution in [0.5, 0.6) is 0 Å². The van der Waals surface area contributed by atoms with Crippen LogP contribution in [0.25, 0.3) is 0 Å². The molecule has 5 atom stereocenters. The van der Waals surface area contributed by atoms with E-state index in [0.29, 0.717) is 0 Å². The van der Waals surface area contributed by atoms with Gasteiger partial charge in [0.25, 0.3) is 0 Å². The van der Waals surface area contributed by atoms with Crippen LogP contribution in [0, 0.1) is 17.8 Å². The van der Waals surface area contributed by atoms with E-state index in [1.807, 2.05) is 0 Å². The van der Waals surface area contributed by atoms with E-state index >= 15 is 0 Å². The second-order valence-electron chi connectivity index (χ2n) is 5.63. The molecule has 1 nitrogen and oxygen atoms in total. The van der Waals surface area contributed by atoms with Crippen molar-refractivity contribution < 1.29 is 0 Å². The third-order valence-electron chi connectivity index (χ3n) is 4.51. The molecule has 78 valence electrons. The van der Waals surface area contributed by atoms with Gasteiger partial charge in [-0.05, 0) is 49.9 Å². The Bertz CT molecular complexity index is 246. The van der Waals surface area contributed by atoms with Crippen LogP contribution >= 0.6 is 0 Å². The van der Waals surface area contributed by atoms with Crippen molar-refractivity contribution in [3.8, 4) is 0 Å². The molecule has 14 heavy (non-hydrogen) atoms. The largest absolute Gasteiger partial charge is 0.311 e. The predicted molar refractivity (Wildman–Crippen MR) is 59.1 cm³/mol. The lowest BCUT2D eigenvalue weighted by Gasteiger charge is -2.42. The second-order valence-corrected chi connectivity index (χ2v) is 5.63. The molecule has 3 aliphatic rings. The van der Waals surface area contributed by atoms with Crippen molar-refractivity contribution in [1.29, 1.82) is 0 Å². The maximum absolute atomic E-state index is 3.87. The van der Waals surface area contributed by atoms with Gasteiger partial charge in [-0.3, -0.25) is 0 Å². The summed E-state index contributed by atoms with van der Waals surface area (Å²) < 4.78 is 0. The average Bonchev–Trinajstić information content (AvgIpc) is 2.68. The Morgan fingerprint density at radius 3 is 2.86 bits per heavy atom. The minimum atomic E-state index is 0.828. The summed E-state index contributed by atoms with van der Waals surface area (Å²) in [4.78, 5) is 0. The first-order valence-corrected chi connectivity index (χ1v) is 6.25. The first-order chi connectivity index (χ1) is 6.83. The highest BCUT2D eigenvalue weighted by Crippen LogP contribution is 2.43. The molecule has 0 heterocycles. The number of allylic oxidation sites excluding steroid dienone is 1. The second kappa shape index (κ2) is 3.37. The highest BCUT2D eigenvalue weighted by atomic mass is 15.0. The zero-order valence-corrected chi connectivity index (χ0v) is 9.08. The van der Waals surface area contributed by atoms with Crippen molar-refractivity contribution in [3.05, 3.63) is 12.2 Å². The maximum atomic E-state index is 3.87. The lowest BCUT2D eigenvalue weighted by Crippen LogP contribution is -2.51. The van der Waals surface area contributed by atoms with Gasteiger partial charge in [0.2, 0.25) is 0 Å². The van der Waals surface area contributed by atoms with Crippen LogP contribution in [0.3, 0.4) is 0 Å². The number of hydrogen-bond acceptors (Lipinski definition) is 1. The molecule has 1 heteroatoms. The Morgan fingerprint density at radius 1 is 1.21 bits per heavy atom. The summed E-state index contributed by atoms with van der Waals surface area (Å²) in [6.07, 6.45) is 11.9. The lowest BCUT2D eigenvalue weighted by molar-refractivity contribution is 0.150. The van der Waals surface area contributed by atoms with Crippen LogP contribution < -0.4 is 5.32 Å². The van der Waals surface area contributed by atoms with Gasteiger partial charge in [-0.1, -0.05) is 19.1 Å². The van der Waals surface area contributed by atoms with Crippen LogP contribution in [0.1, 0.15) is 39.0 Å². The summed E-state index contributed by atoms with van der Waals surface area (Å²) in [5.74, 6) is 2.86. The lowest BCUT2D eigenvalue weighted by atomic mass is 9.71. The Morgan fingerprint density at radius 2 is 2.14 bits per heavy atom. The predicted octanol–water partition coefficient (Wildman–Crippen LogP) is 2.73. The molecule has 0 aromatic carbocycles. The van der Waals surface area contributed by atoms with Gasteiger partial charge < -0.3 is 5.32 Å². The van der Waals surface area contributed by atoms with E-state index in [-0.39, 0.29) is 0 Å². The molecule has 0 amide bonds. The molecular formula is C13H21N. The fourth-order valence-corrected chi connectivity index (χ4v) is 3.57. The van der Waals surface area contributed by atoms with Gasteiger partial charge in [0, 0.05) is 12.1 Å². The average molecular weight is 191 g/mol. The normalized spacial score (nSPS) is 50.5. The molecule has 0 aliphatic heterocycles. The van der Waals surface area contributed by atoms with E-state index in [1.54, 1.807) is 0 Å². The highest BCUT2D eigenvalue weighted by molar-refractivity contribution is 5.13. The quantitative estimate of drug-likeness (QED) is 0.662. The topological polar surface area (TPSA) is 12.0 Å². The van der Waals surface area contributed by atoms with Crippen LogP contribution in [0.4, 0.5) is 0 Å². The Kier molecular flexibility index (Phi) is 2.16. The number of hydrogen-bond donors (Lipinski definition) is 1. The number of rotatable bonds is 2. The van der Waals surface area contributed by atoms with E-state index in [0.717, 1.165) is 29.8 Å². The first-order valence-electron chi connectivity index (χ1n) is 6.25. The monoisotopic (exact) mass is 191 g/mol. The van der Waals surface area contributed by atoms with Gasteiger partial charge in [-0.2, -0.15) is 0 Å². The molecule has 0 aromatic heterocycles. The number of fused-ring (bicyclic) bond motifs is 1. The smallest absolute Gasteiger partial charge is 0.0138 e. The minimum absolute atomic E-state index is 0.828. The van der Waals surface area contributed by atoms with Crippen LogP contribution in [0.2, 0.25) is 0 Å². The summed E-state index contributed by atoms with van der Waals surface area (Å²) in [6, 6.07) is 1.67. The summed E-state index contributed by atoms with van der Waals surface area (Å²) >= 11 is 0. The molecule has 0 saturated heterocycles. The molecule has 0 aromatic rings. The Labute approximate surface area is 87.0 Å². The van der Waals surface area contributed by atoms with Crippen LogP contribution in [0.15, 0.2) is 12.2 Å². The summed E-state index contributed by atoms with van der Waals surface area (Å²) in [5, 5.41) is 3.87. The van der Waals surface area contributed by atoms with Gasteiger partial charge in [-0.15, -0.1) is 0 Å². The SMILES string of the molecule is CC1CCC(NC2CC3CC=CC32)C1. The summed E-state index contributed by atoms with van der Waals surface area (Å²) in [7, 11) is 0. The molecule has 3 aliphatic carbocycles. The molecule has 3 rings (SSSR count). The zero-order chi connectivity index (χ0) is 9.54. The summed E-state index contributed by atoms with van der Waals surface area (Å²) in [5.41, 5.74) is 0. The maximum Gasteiger partial charge on any atom is 0.0138 e. The van der Waals surface area contributed by atoms with E-state index in [2.05, 4.69) is 24.4 Å². The van der Waals surface area contributed by atoms with Crippen molar-refractivity contribution in [2.24, 2.45) is 17.8 Å². The fourth-order valence-electron chi connectivity index (χ4n) is 3.57. The Hall–Kier alpha value is -0.300.